The molecule has 0 spiro atoms. The van der Waals surface area contributed by atoms with Crippen LogP contribution in [0.25, 0.3) is 0 Å². The highest BCUT2D eigenvalue weighted by molar-refractivity contribution is 6.59. The zero-order chi connectivity index (χ0) is 28.2. The summed E-state index contributed by atoms with van der Waals surface area (Å²) in [6.45, 7) is 3.32. The van der Waals surface area contributed by atoms with Gasteiger partial charge in [-0.3, -0.25) is 4.79 Å². The van der Waals surface area contributed by atoms with E-state index in [1.807, 2.05) is 7.05 Å². The molecule has 2 aromatic rings. The molecule has 2 N–H and O–H groups in total. The summed E-state index contributed by atoms with van der Waals surface area (Å²) in [6.07, 6.45) is 11.4. The normalized spacial score (nSPS) is 20.8. The summed E-state index contributed by atoms with van der Waals surface area (Å²) < 4.78 is 14.1. The minimum atomic E-state index is -0.937. The van der Waals surface area contributed by atoms with Crippen molar-refractivity contribution >= 4 is 20.7 Å². The lowest BCUT2D eigenvalue weighted by Gasteiger charge is -2.42. The number of hydrogen-bond acceptors (Lipinski definition) is 6. The molecule has 6 rings (SSSR count). The average molecular weight is 577 g/mol. The van der Waals surface area contributed by atoms with Gasteiger partial charge in [0, 0.05) is 32.1 Å². The molecule has 221 valence electrons. The summed E-state index contributed by atoms with van der Waals surface area (Å²) in [5, 5.41) is 13.9. The van der Waals surface area contributed by atoms with Crippen LogP contribution in [0.15, 0.2) is 30.3 Å². The van der Waals surface area contributed by atoms with E-state index in [2.05, 4.69) is 40.2 Å². The number of pyridine rings is 1. The van der Waals surface area contributed by atoms with Crippen molar-refractivity contribution in [2.24, 2.45) is 5.92 Å². The van der Waals surface area contributed by atoms with Crippen LogP contribution in [0.5, 0.6) is 0 Å². The fraction of sp³-hybridized carbons (Fsp3) is 0.636. The van der Waals surface area contributed by atoms with Gasteiger partial charge in [0.1, 0.15) is 20.8 Å². The van der Waals surface area contributed by atoms with E-state index < -0.39 is 21.0 Å². The summed E-state index contributed by atoms with van der Waals surface area (Å²) in [6, 6.07) is 12.5. The molecule has 41 heavy (non-hydrogen) atoms. The number of nitrogens with zero attached hydrogens (tertiary/aromatic N) is 2. The van der Waals surface area contributed by atoms with Crippen LogP contribution >= 0.6 is 0 Å². The van der Waals surface area contributed by atoms with Gasteiger partial charge in [-0.25, -0.2) is 4.98 Å². The van der Waals surface area contributed by atoms with Crippen LogP contribution in [0.1, 0.15) is 84.9 Å². The number of anilines is 1. The third-order valence-corrected chi connectivity index (χ3v) is 12.6. The van der Waals surface area contributed by atoms with E-state index >= 15 is 0 Å². The lowest BCUT2D eigenvalue weighted by atomic mass is 9.84. The fourth-order valence-electron chi connectivity index (χ4n) is 6.75. The minimum Gasteiger partial charge on any atom is -0.480 e. The van der Waals surface area contributed by atoms with Gasteiger partial charge in [0.05, 0.1) is 6.10 Å². The zero-order valence-electron chi connectivity index (χ0n) is 24.6. The molecular weight excluding hydrogens is 530 g/mol. The summed E-state index contributed by atoms with van der Waals surface area (Å²) in [5.74, 6) is 1.54. The van der Waals surface area contributed by atoms with Gasteiger partial charge in [0.15, 0.2) is 0 Å². The Morgan fingerprint density at radius 3 is 2.78 bits per heavy atom. The molecule has 4 aliphatic rings. The van der Waals surface area contributed by atoms with Gasteiger partial charge in [0.2, 0.25) is 0 Å². The van der Waals surface area contributed by atoms with Crippen LogP contribution in [-0.2, 0) is 33.5 Å². The summed E-state index contributed by atoms with van der Waals surface area (Å²) in [5.41, 5.74) is 6.12. The highest BCUT2D eigenvalue weighted by Crippen LogP contribution is 2.40. The third-order valence-electron chi connectivity index (χ3n) is 9.51. The molecule has 1 saturated carbocycles. The predicted molar refractivity (Wildman–Crippen MR) is 163 cm³/mol. The SMILES string of the molecule is CN([C@H](C(=O)O)c1ccc(CC2CC2)cc1C1CCOCC1)[Si]1CC(OCCCCc2ccc3c(n2)NCCC3)C1. The number of aromatic nitrogens is 1. The smallest absolute Gasteiger partial charge is 0.324 e. The second-order valence-corrected chi connectivity index (χ2v) is 15.3. The molecule has 8 heteroatoms. The van der Waals surface area contributed by atoms with Crippen LogP contribution in [0, 0.1) is 5.92 Å². The Kier molecular flexibility index (Phi) is 9.40. The van der Waals surface area contributed by atoms with Crippen molar-refractivity contribution in [1.82, 2.24) is 9.55 Å². The Hall–Kier alpha value is -2.26. The van der Waals surface area contributed by atoms with Gasteiger partial charge >= 0.3 is 5.97 Å². The number of benzene rings is 1. The number of fused-ring (bicyclic) bond motifs is 1. The largest absolute Gasteiger partial charge is 0.480 e. The first-order valence-corrected chi connectivity index (χ1v) is 17.8. The molecule has 1 aromatic heterocycles. The number of carboxylic acid groups (broad SMARTS) is 1. The second-order valence-electron chi connectivity index (χ2n) is 12.6. The van der Waals surface area contributed by atoms with Crippen molar-refractivity contribution in [1.29, 1.82) is 0 Å². The van der Waals surface area contributed by atoms with Crippen LogP contribution in [0.2, 0.25) is 12.1 Å². The first-order chi connectivity index (χ1) is 20.0. The average Bonchev–Trinajstić information content (AvgIpc) is 3.78. The van der Waals surface area contributed by atoms with Gasteiger partial charge in [0.25, 0.3) is 0 Å². The molecular formula is C33H46N3O4Si. The van der Waals surface area contributed by atoms with E-state index in [9.17, 15) is 9.90 Å². The summed E-state index contributed by atoms with van der Waals surface area (Å²) in [7, 11) is 1.10. The van der Waals surface area contributed by atoms with Crippen molar-refractivity contribution in [2.45, 2.75) is 94.4 Å². The van der Waals surface area contributed by atoms with Gasteiger partial charge in [-0.15, -0.1) is 0 Å². The van der Waals surface area contributed by atoms with E-state index in [-0.39, 0.29) is 6.10 Å². The van der Waals surface area contributed by atoms with Crippen LogP contribution in [-0.4, -0.2) is 69.1 Å². The number of hydrogen-bond donors (Lipinski definition) is 2. The maximum absolute atomic E-state index is 12.7. The Morgan fingerprint density at radius 1 is 1.17 bits per heavy atom. The molecule has 7 nitrogen and oxygen atoms in total. The molecule has 3 fully saturated rings. The standard InChI is InChI=1S/C33H46N3O4Si/c1-36(41-21-28(22-41)40-16-3-2-6-27-11-10-26-5-4-15-34-32(26)35-27)31(33(37)38)29-12-9-24(19-23-7-8-23)20-30(29)25-13-17-39-18-14-25/h9-12,20,23,25,28,31H,2-8,13-19,21-22H2,1H3,(H,34,35)(H,37,38)/t31-/m0/s1. The number of aliphatic carboxylic acids is 1. The fourth-order valence-corrected chi connectivity index (χ4v) is 9.10. The number of carboxylic acids is 1. The molecule has 0 bridgehead atoms. The molecule has 1 radical (unpaired) electrons. The van der Waals surface area contributed by atoms with Crippen molar-refractivity contribution in [3.8, 4) is 0 Å². The summed E-state index contributed by atoms with van der Waals surface area (Å²) in [4.78, 5) is 17.5. The number of nitrogens with one attached hydrogen (secondary N) is 1. The van der Waals surface area contributed by atoms with Gasteiger partial charge in [-0.2, -0.15) is 0 Å². The van der Waals surface area contributed by atoms with Crippen molar-refractivity contribution in [3.05, 3.63) is 58.3 Å². The van der Waals surface area contributed by atoms with E-state index in [0.29, 0.717) is 5.92 Å². The van der Waals surface area contributed by atoms with Crippen LogP contribution < -0.4 is 5.32 Å². The maximum Gasteiger partial charge on any atom is 0.324 e. The lowest BCUT2D eigenvalue weighted by molar-refractivity contribution is -0.141. The van der Waals surface area contributed by atoms with Gasteiger partial charge in [-0.1, -0.05) is 24.3 Å². The molecule has 3 aliphatic heterocycles. The molecule has 1 atom stereocenters. The second kappa shape index (κ2) is 13.4. The topological polar surface area (TPSA) is 83.9 Å². The molecule has 1 aromatic carbocycles. The van der Waals surface area contributed by atoms with Crippen molar-refractivity contribution < 1.29 is 19.4 Å². The highest BCUT2D eigenvalue weighted by Gasteiger charge is 2.41. The predicted octanol–water partition coefficient (Wildman–Crippen LogP) is 5.76. The Morgan fingerprint density at radius 2 is 2.00 bits per heavy atom. The zero-order valence-corrected chi connectivity index (χ0v) is 25.6. The first-order valence-electron chi connectivity index (χ1n) is 15.9. The van der Waals surface area contributed by atoms with Crippen molar-refractivity contribution in [3.63, 3.8) is 0 Å². The highest BCUT2D eigenvalue weighted by atomic mass is 28.3. The number of unbranched alkanes of at least 4 members (excludes halogenated alkanes) is 1. The maximum atomic E-state index is 12.7. The van der Waals surface area contributed by atoms with E-state index in [1.54, 1.807) is 0 Å². The number of carbonyl (C=O) groups is 1. The molecule has 1 aliphatic carbocycles. The number of ether oxygens (including phenoxy) is 2. The van der Waals surface area contributed by atoms with E-state index in [4.69, 9.17) is 14.5 Å². The number of aryl methyl sites for hydroxylation is 2. The van der Waals surface area contributed by atoms with Gasteiger partial charge < -0.3 is 24.5 Å². The molecule has 2 saturated heterocycles. The minimum absolute atomic E-state index is 0.266. The van der Waals surface area contributed by atoms with Crippen LogP contribution in [0.4, 0.5) is 5.82 Å². The quantitative estimate of drug-likeness (QED) is 0.232. The Bertz CT molecular complexity index is 1190. The molecule has 4 heterocycles. The van der Waals surface area contributed by atoms with E-state index in [0.717, 1.165) is 106 Å². The monoisotopic (exact) mass is 576 g/mol. The lowest BCUT2D eigenvalue weighted by Crippen LogP contribution is -2.52. The third kappa shape index (κ3) is 7.21. The van der Waals surface area contributed by atoms with E-state index in [1.165, 1.54) is 36.0 Å². The van der Waals surface area contributed by atoms with Gasteiger partial charge in [-0.05, 0) is 124 Å². The first kappa shape index (κ1) is 28.8. The van der Waals surface area contributed by atoms with Crippen molar-refractivity contribution in [2.75, 3.05) is 38.7 Å². The number of likely N-dealkylation sites (N-methyl/N-ethyl adjacent to an activating group) is 1. The van der Waals surface area contributed by atoms with Crippen LogP contribution in [0.3, 0.4) is 0 Å². The Balaban J connectivity index is 1.00. The number of rotatable bonds is 13. The molecule has 0 unspecified atom stereocenters. The molecule has 0 amide bonds. The Labute approximate surface area is 246 Å². The summed E-state index contributed by atoms with van der Waals surface area (Å²) >= 11 is 0.